The summed E-state index contributed by atoms with van der Waals surface area (Å²) in [6.07, 6.45) is 0. The number of rotatable bonds is 2. The van der Waals surface area contributed by atoms with Gasteiger partial charge in [0, 0.05) is 10.6 Å². The monoisotopic (exact) mass is 260 g/mol. The number of ether oxygens (including phenoxy) is 1. The van der Waals surface area contributed by atoms with Gasteiger partial charge in [-0.15, -0.1) is 0 Å². The second-order valence-corrected chi connectivity index (χ2v) is 5.07. The number of nitrogens with one attached hydrogen (secondary N) is 1. The number of hydrogen-bond donors (Lipinski definition) is 1. The molecular weight excluding hydrogens is 246 g/mol. The maximum atomic E-state index is 6.02. The fraction of sp³-hybridized carbons (Fsp3) is 0.200. The van der Waals surface area contributed by atoms with Crippen molar-refractivity contribution < 1.29 is 9.64 Å². The van der Waals surface area contributed by atoms with Gasteiger partial charge in [0.15, 0.2) is 0 Å². The normalized spacial score (nSPS) is 17.9. The molecule has 1 aliphatic rings. The molecule has 2 aromatic carbocycles. The first-order valence-corrected chi connectivity index (χ1v) is 6.48. The Morgan fingerprint density at radius 3 is 2.78 bits per heavy atom. The minimum absolute atomic E-state index is 0.712. The van der Waals surface area contributed by atoms with Crippen LogP contribution < -0.4 is 9.64 Å². The maximum absolute atomic E-state index is 6.02. The van der Waals surface area contributed by atoms with Gasteiger partial charge in [0.1, 0.15) is 18.8 Å². The van der Waals surface area contributed by atoms with E-state index in [1.807, 2.05) is 24.3 Å². The molecule has 2 nitrogen and oxygen atoms in total. The van der Waals surface area contributed by atoms with Crippen LogP contribution in [-0.4, -0.2) is 6.73 Å². The number of halogens is 1. The van der Waals surface area contributed by atoms with Crippen LogP contribution in [0.4, 0.5) is 0 Å². The standard InChI is InChI=1S/C15H14ClNO/c16-14-6-7-15-13(8-14)10-17(11-18-15)9-12-4-2-1-3-5-12/h1-8H,9-11H2/p+1. The molecule has 0 aromatic heterocycles. The molecule has 0 aliphatic carbocycles. The highest BCUT2D eigenvalue weighted by Gasteiger charge is 2.20. The highest BCUT2D eigenvalue weighted by atomic mass is 35.5. The molecule has 1 aliphatic heterocycles. The summed E-state index contributed by atoms with van der Waals surface area (Å²) >= 11 is 6.02. The second-order valence-electron chi connectivity index (χ2n) is 4.63. The van der Waals surface area contributed by atoms with E-state index in [4.69, 9.17) is 16.3 Å². The molecule has 1 atom stereocenters. The zero-order chi connectivity index (χ0) is 12.4. The van der Waals surface area contributed by atoms with Crippen LogP contribution in [0.2, 0.25) is 5.02 Å². The molecule has 3 heteroatoms. The lowest BCUT2D eigenvalue weighted by Crippen LogP contribution is -3.10. The van der Waals surface area contributed by atoms with E-state index in [1.54, 1.807) is 0 Å². The van der Waals surface area contributed by atoms with Gasteiger partial charge in [0.05, 0.1) is 5.56 Å². The van der Waals surface area contributed by atoms with Crippen molar-refractivity contribution in [2.75, 3.05) is 6.73 Å². The molecule has 0 amide bonds. The van der Waals surface area contributed by atoms with Crippen LogP contribution in [0.5, 0.6) is 5.75 Å². The van der Waals surface area contributed by atoms with Crippen molar-refractivity contribution in [3.63, 3.8) is 0 Å². The summed E-state index contributed by atoms with van der Waals surface area (Å²) in [4.78, 5) is 1.40. The Balaban J connectivity index is 1.75. The molecule has 1 unspecified atom stereocenters. The van der Waals surface area contributed by atoms with Crippen molar-refractivity contribution in [1.29, 1.82) is 0 Å². The number of quaternary nitrogens is 1. The Labute approximate surface area is 112 Å². The molecule has 0 radical (unpaired) electrons. The van der Waals surface area contributed by atoms with Gasteiger partial charge >= 0.3 is 0 Å². The minimum Gasteiger partial charge on any atom is -0.445 e. The van der Waals surface area contributed by atoms with Crippen LogP contribution in [-0.2, 0) is 13.1 Å². The topological polar surface area (TPSA) is 13.7 Å². The molecule has 0 spiro atoms. The van der Waals surface area contributed by atoms with Gasteiger partial charge in [-0.1, -0.05) is 41.9 Å². The Morgan fingerprint density at radius 2 is 1.94 bits per heavy atom. The highest BCUT2D eigenvalue weighted by Crippen LogP contribution is 2.23. The van der Waals surface area contributed by atoms with Gasteiger partial charge in [-0.25, -0.2) is 0 Å². The molecule has 0 saturated heterocycles. The van der Waals surface area contributed by atoms with Crippen molar-refractivity contribution in [2.45, 2.75) is 13.1 Å². The van der Waals surface area contributed by atoms with Crippen LogP contribution in [0.15, 0.2) is 48.5 Å². The van der Waals surface area contributed by atoms with E-state index in [2.05, 4.69) is 24.3 Å². The van der Waals surface area contributed by atoms with Crippen LogP contribution >= 0.6 is 11.6 Å². The van der Waals surface area contributed by atoms with Gasteiger partial charge < -0.3 is 4.74 Å². The van der Waals surface area contributed by atoms with E-state index in [0.717, 1.165) is 23.9 Å². The predicted molar refractivity (Wildman–Crippen MR) is 71.8 cm³/mol. The van der Waals surface area contributed by atoms with Gasteiger partial charge in [-0.3, -0.25) is 4.90 Å². The van der Waals surface area contributed by atoms with Gasteiger partial charge in [0.2, 0.25) is 6.73 Å². The Hall–Kier alpha value is -1.51. The van der Waals surface area contributed by atoms with E-state index >= 15 is 0 Å². The molecule has 2 aromatic rings. The number of fused-ring (bicyclic) bond motifs is 1. The molecular formula is C15H15ClNO+. The fourth-order valence-corrected chi connectivity index (χ4v) is 2.52. The maximum Gasteiger partial charge on any atom is 0.222 e. The molecule has 18 heavy (non-hydrogen) atoms. The summed E-state index contributed by atoms with van der Waals surface area (Å²) in [7, 11) is 0. The Bertz CT molecular complexity index is 541. The van der Waals surface area contributed by atoms with Crippen molar-refractivity contribution >= 4 is 11.6 Å². The van der Waals surface area contributed by atoms with Gasteiger partial charge in [0.25, 0.3) is 0 Å². The molecule has 0 bridgehead atoms. The first-order chi connectivity index (χ1) is 8.81. The van der Waals surface area contributed by atoms with E-state index in [9.17, 15) is 0 Å². The lowest BCUT2D eigenvalue weighted by Gasteiger charge is -2.26. The van der Waals surface area contributed by atoms with Crippen molar-refractivity contribution in [3.8, 4) is 5.75 Å². The zero-order valence-electron chi connectivity index (χ0n) is 10.0. The number of benzene rings is 2. The predicted octanol–water partition coefficient (Wildman–Crippen LogP) is 2.28. The lowest BCUT2D eigenvalue weighted by molar-refractivity contribution is -0.945. The zero-order valence-corrected chi connectivity index (χ0v) is 10.8. The van der Waals surface area contributed by atoms with Crippen LogP contribution in [0.3, 0.4) is 0 Å². The molecule has 1 heterocycles. The van der Waals surface area contributed by atoms with Crippen molar-refractivity contribution in [3.05, 3.63) is 64.7 Å². The third-order valence-electron chi connectivity index (χ3n) is 3.19. The van der Waals surface area contributed by atoms with E-state index < -0.39 is 0 Å². The third-order valence-corrected chi connectivity index (χ3v) is 3.43. The van der Waals surface area contributed by atoms with E-state index in [1.165, 1.54) is 16.0 Å². The van der Waals surface area contributed by atoms with Crippen LogP contribution in [0.1, 0.15) is 11.1 Å². The summed E-state index contributed by atoms with van der Waals surface area (Å²) in [5, 5.41) is 0.776. The fourth-order valence-electron chi connectivity index (χ4n) is 2.33. The van der Waals surface area contributed by atoms with Gasteiger partial charge in [-0.2, -0.15) is 0 Å². The van der Waals surface area contributed by atoms with Gasteiger partial charge in [-0.05, 0) is 18.2 Å². The van der Waals surface area contributed by atoms with Crippen molar-refractivity contribution in [2.24, 2.45) is 0 Å². The third kappa shape index (κ3) is 2.50. The Kier molecular flexibility index (Phi) is 3.22. The minimum atomic E-state index is 0.712. The quantitative estimate of drug-likeness (QED) is 0.875. The SMILES string of the molecule is Clc1ccc2c(c1)C[NH+](Cc1ccccc1)CO2. The summed E-state index contributed by atoms with van der Waals surface area (Å²) in [6, 6.07) is 16.3. The Morgan fingerprint density at radius 1 is 1.11 bits per heavy atom. The van der Waals surface area contributed by atoms with Crippen molar-refractivity contribution in [1.82, 2.24) is 0 Å². The molecule has 3 rings (SSSR count). The first-order valence-electron chi connectivity index (χ1n) is 6.10. The molecule has 0 fully saturated rings. The van der Waals surface area contributed by atoms with E-state index in [0.29, 0.717) is 6.73 Å². The second kappa shape index (κ2) is 5.01. The number of hydrogen-bond acceptors (Lipinski definition) is 1. The van der Waals surface area contributed by atoms with E-state index in [-0.39, 0.29) is 0 Å². The van der Waals surface area contributed by atoms with Crippen LogP contribution in [0, 0.1) is 0 Å². The smallest absolute Gasteiger partial charge is 0.222 e. The lowest BCUT2D eigenvalue weighted by atomic mass is 10.1. The summed E-state index contributed by atoms with van der Waals surface area (Å²) in [5.74, 6) is 0.969. The summed E-state index contributed by atoms with van der Waals surface area (Å²) < 4.78 is 5.77. The molecule has 1 N–H and O–H groups in total. The summed E-state index contributed by atoms with van der Waals surface area (Å²) in [5.41, 5.74) is 2.53. The average Bonchev–Trinajstić information content (AvgIpc) is 2.39. The average molecular weight is 261 g/mol. The molecule has 0 saturated carbocycles. The largest absolute Gasteiger partial charge is 0.445 e. The first kappa shape index (κ1) is 11.6. The van der Waals surface area contributed by atoms with Crippen LogP contribution in [0.25, 0.3) is 0 Å². The summed E-state index contributed by atoms with van der Waals surface area (Å²) in [6.45, 7) is 2.65. The highest BCUT2D eigenvalue weighted by molar-refractivity contribution is 6.30. The molecule has 92 valence electrons.